The van der Waals surface area contributed by atoms with E-state index in [1.807, 2.05) is 43.3 Å². The first-order chi connectivity index (χ1) is 15.1. The number of aryl methyl sites for hydroxylation is 1. The summed E-state index contributed by atoms with van der Waals surface area (Å²) in [5.74, 6) is 1.24. The molecule has 0 spiro atoms. The van der Waals surface area contributed by atoms with E-state index in [0.29, 0.717) is 29.9 Å². The fourth-order valence-corrected chi connectivity index (χ4v) is 4.25. The van der Waals surface area contributed by atoms with Gasteiger partial charge in [-0.2, -0.15) is 0 Å². The molecule has 1 aliphatic carbocycles. The zero-order valence-corrected chi connectivity index (χ0v) is 18.7. The van der Waals surface area contributed by atoms with Crippen LogP contribution in [0.1, 0.15) is 36.8 Å². The van der Waals surface area contributed by atoms with Crippen molar-refractivity contribution in [3.63, 3.8) is 0 Å². The van der Waals surface area contributed by atoms with Gasteiger partial charge in [0.2, 0.25) is 11.8 Å². The number of nitrogens with zero attached hydrogens (tertiary/aromatic N) is 3. The second-order valence-electron chi connectivity index (χ2n) is 8.35. The number of carbonyl (C=O) groups is 2. The second-order valence-corrected chi connectivity index (χ2v) is 9.34. The lowest BCUT2D eigenvalue weighted by molar-refractivity contribution is -0.125. The number of piperidine rings is 1. The Morgan fingerprint density at radius 3 is 2.61 bits per heavy atom. The number of hydrogen-bond donors (Lipinski definition) is 2. The van der Waals surface area contributed by atoms with Crippen molar-refractivity contribution in [1.82, 2.24) is 20.8 Å². The molecule has 0 bridgehead atoms. The summed E-state index contributed by atoms with van der Waals surface area (Å²) < 4.78 is 0. The fourth-order valence-electron chi connectivity index (χ4n) is 3.60. The van der Waals surface area contributed by atoms with E-state index in [1.54, 1.807) is 0 Å². The third-order valence-corrected chi connectivity index (χ3v) is 6.55. The molecular formula is C23H29N5O2S. The maximum absolute atomic E-state index is 12.4. The third-order valence-electron chi connectivity index (χ3n) is 5.63. The average molecular weight is 440 g/mol. The van der Waals surface area contributed by atoms with Crippen LogP contribution in [-0.4, -0.2) is 46.9 Å². The first-order valence-electron chi connectivity index (χ1n) is 10.9. The minimum atomic E-state index is -0.0306. The van der Waals surface area contributed by atoms with Gasteiger partial charge in [-0.15, -0.1) is 10.2 Å². The number of amides is 2. The maximum Gasteiger partial charge on any atom is 0.230 e. The van der Waals surface area contributed by atoms with Crippen molar-refractivity contribution >= 4 is 29.4 Å². The summed E-state index contributed by atoms with van der Waals surface area (Å²) in [6.45, 7) is 4.13. The SMILES string of the molecule is Cc1ccc(CNC(=O)CSc2ccc(N3CCC[C@H](C(=O)NC4CC4)C3)nn2)cc1. The number of carbonyl (C=O) groups excluding carboxylic acids is 2. The molecule has 0 unspecified atom stereocenters. The van der Waals surface area contributed by atoms with E-state index in [0.717, 1.165) is 43.6 Å². The van der Waals surface area contributed by atoms with Crippen LogP contribution in [0.25, 0.3) is 0 Å². The van der Waals surface area contributed by atoms with Crippen LogP contribution >= 0.6 is 11.8 Å². The minimum Gasteiger partial charge on any atom is -0.354 e. The van der Waals surface area contributed by atoms with Crippen molar-refractivity contribution in [1.29, 1.82) is 0 Å². The summed E-state index contributed by atoms with van der Waals surface area (Å²) in [5.41, 5.74) is 2.29. The summed E-state index contributed by atoms with van der Waals surface area (Å²) in [5, 5.41) is 15.4. The van der Waals surface area contributed by atoms with Crippen molar-refractivity contribution < 1.29 is 9.59 Å². The monoisotopic (exact) mass is 439 g/mol. The largest absolute Gasteiger partial charge is 0.354 e. The molecule has 0 radical (unpaired) electrons. The van der Waals surface area contributed by atoms with Crippen molar-refractivity contribution in [2.24, 2.45) is 5.92 Å². The molecule has 4 rings (SSSR count). The first-order valence-corrected chi connectivity index (χ1v) is 11.9. The number of thioether (sulfide) groups is 1. The van der Waals surface area contributed by atoms with Gasteiger partial charge in [-0.05, 0) is 50.3 Å². The molecule has 1 saturated heterocycles. The van der Waals surface area contributed by atoms with Crippen molar-refractivity contribution in [2.75, 3.05) is 23.7 Å². The Labute approximate surface area is 187 Å². The van der Waals surface area contributed by atoms with Crippen molar-refractivity contribution in [3.8, 4) is 0 Å². The fraction of sp³-hybridized carbons (Fsp3) is 0.478. The number of rotatable bonds is 8. The zero-order chi connectivity index (χ0) is 21.6. The number of anilines is 1. The molecule has 2 amide bonds. The van der Waals surface area contributed by atoms with E-state index in [9.17, 15) is 9.59 Å². The Kier molecular flexibility index (Phi) is 7.06. The van der Waals surface area contributed by atoms with E-state index in [4.69, 9.17) is 0 Å². The Morgan fingerprint density at radius 1 is 1.10 bits per heavy atom. The van der Waals surface area contributed by atoms with Crippen LogP contribution in [0.2, 0.25) is 0 Å². The normalized spacial score (nSPS) is 18.5. The van der Waals surface area contributed by atoms with E-state index in [1.165, 1.54) is 17.3 Å². The predicted octanol–water partition coefficient (Wildman–Crippen LogP) is 2.69. The molecule has 2 N–H and O–H groups in total. The average Bonchev–Trinajstić information content (AvgIpc) is 3.62. The maximum atomic E-state index is 12.4. The Morgan fingerprint density at radius 2 is 1.90 bits per heavy atom. The minimum absolute atomic E-state index is 0.0161. The molecule has 1 atom stereocenters. The highest BCUT2D eigenvalue weighted by Gasteiger charge is 2.30. The van der Waals surface area contributed by atoms with Gasteiger partial charge >= 0.3 is 0 Å². The van der Waals surface area contributed by atoms with E-state index in [2.05, 4.69) is 25.7 Å². The van der Waals surface area contributed by atoms with Gasteiger partial charge in [0.25, 0.3) is 0 Å². The van der Waals surface area contributed by atoms with Crippen molar-refractivity contribution in [2.45, 2.75) is 50.2 Å². The standard InChI is InChI=1S/C23H29N5O2S/c1-16-4-6-17(7-5-16)13-24-21(29)15-31-22-11-10-20(26-27-22)28-12-2-3-18(14-28)23(30)25-19-8-9-19/h4-7,10-11,18-19H,2-3,8-9,12-15H2,1H3,(H,24,29)(H,25,30)/t18-/m0/s1. The molecule has 2 fully saturated rings. The van der Waals surface area contributed by atoms with Crippen LogP contribution in [0, 0.1) is 12.8 Å². The Balaban J connectivity index is 1.22. The van der Waals surface area contributed by atoms with E-state index in [-0.39, 0.29) is 17.7 Å². The predicted molar refractivity (Wildman–Crippen MR) is 122 cm³/mol. The molecule has 1 aliphatic heterocycles. The summed E-state index contributed by atoms with van der Waals surface area (Å²) >= 11 is 1.37. The van der Waals surface area contributed by atoms with Crippen LogP contribution in [-0.2, 0) is 16.1 Å². The molecule has 1 aromatic heterocycles. The molecule has 7 nitrogen and oxygen atoms in total. The van der Waals surface area contributed by atoms with Crippen LogP contribution in [0.15, 0.2) is 41.4 Å². The van der Waals surface area contributed by atoms with Crippen molar-refractivity contribution in [3.05, 3.63) is 47.5 Å². The molecule has 8 heteroatoms. The number of benzene rings is 1. The van der Waals surface area contributed by atoms with Gasteiger partial charge in [0.15, 0.2) is 5.82 Å². The molecule has 2 heterocycles. The van der Waals surface area contributed by atoms with Gasteiger partial charge in [-0.3, -0.25) is 9.59 Å². The lowest BCUT2D eigenvalue weighted by atomic mass is 9.97. The summed E-state index contributed by atoms with van der Waals surface area (Å²) in [7, 11) is 0. The van der Waals surface area contributed by atoms with Crippen LogP contribution in [0.4, 0.5) is 5.82 Å². The highest BCUT2D eigenvalue weighted by atomic mass is 32.2. The molecule has 164 valence electrons. The molecule has 2 aliphatic rings. The molecule has 1 aromatic carbocycles. The van der Waals surface area contributed by atoms with Gasteiger partial charge in [-0.1, -0.05) is 41.6 Å². The zero-order valence-electron chi connectivity index (χ0n) is 17.8. The molecule has 1 saturated carbocycles. The second kappa shape index (κ2) is 10.1. The summed E-state index contributed by atoms with van der Waals surface area (Å²) in [4.78, 5) is 26.6. The topological polar surface area (TPSA) is 87.2 Å². The van der Waals surface area contributed by atoms with Crippen LogP contribution in [0.3, 0.4) is 0 Å². The van der Waals surface area contributed by atoms with Gasteiger partial charge in [0.1, 0.15) is 5.03 Å². The van der Waals surface area contributed by atoms with Gasteiger partial charge < -0.3 is 15.5 Å². The first kappa shape index (κ1) is 21.6. The smallest absolute Gasteiger partial charge is 0.230 e. The molecule has 31 heavy (non-hydrogen) atoms. The number of aromatic nitrogens is 2. The van der Waals surface area contributed by atoms with Gasteiger partial charge in [-0.25, -0.2) is 0 Å². The summed E-state index contributed by atoms with van der Waals surface area (Å²) in [6.07, 6.45) is 4.11. The third kappa shape index (κ3) is 6.43. The van der Waals surface area contributed by atoms with E-state index < -0.39 is 0 Å². The lowest BCUT2D eigenvalue weighted by Crippen LogP contribution is -2.44. The highest BCUT2D eigenvalue weighted by molar-refractivity contribution is 7.99. The summed E-state index contributed by atoms with van der Waals surface area (Å²) in [6, 6.07) is 12.3. The van der Waals surface area contributed by atoms with Crippen LogP contribution < -0.4 is 15.5 Å². The Hall–Kier alpha value is -2.61. The lowest BCUT2D eigenvalue weighted by Gasteiger charge is -2.32. The number of hydrogen-bond acceptors (Lipinski definition) is 6. The van der Waals surface area contributed by atoms with E-state index >= 15 is 0 Å². The molecule has 2 aromatic rings. The van der Waals surface area contributed by atoms with Crippen LogP contribution in [0.5, 0.6) is 0 Å². The molecular weight excluding hydrogens is 410 g/mol. The highest BCUT2D eigenvalue weighted by Crippen LogP contribution is 2.25. The van der Waals surface area contributed by atoms with Gasteiger partial charge in [0.05, 0.1) is 11.7 Å². The number of nitrogens with one attached hydrogen (secondary N) is 2. The Bertz CT molecular complexity index is 899. The van der Waals surface area contributed by atoms with Gasteiger partial charge in [0, 0.05) is 25.7 Å². The quantitative estimate of drug-likeness (QED) is 0.615.